The summed E-state index contributed by atoms with van der Waals surface area (Å²) in [4.78, 5) is 24.4. The number of hydrogen-bond donors (Lipinski definition) is 2. The third-order valence-corrected chi connectivity index (χ3v) is 4.61. The van der Waals surface area contributed by atoms with Crippen molar-refractivity contribution in [3.8, 4) is 5.75 Å². The maximum absolute atomic E-state index is 12.3. The molecule has 0 atom stereocenters. The van der Waals surface area contributed by atoms with Crippen LogP contribution in [0.1, 0.15) is 32.4 Å². The molecule has 0 bridgehead atoms. The van der Waals surface area contributed by atoms with Crippen LogP contribution in [-0.2, 0) is 13.2 Å². The van der Waals surface area contributed by atoms with Crippen molar-refractivity contribution >= 4 is 29.1 Å². The summed E-state index contributed by atoms with van der Waals surface area (Å²) in [6.07, 6.45) is 1.53. The summed E-state index contributed by atoms with van der Waals surface area (Å²) < 4.78 is 16.0. The average Bonchev–Trinajstić information content (AvgIpc) is 3.49. The quantitative estimate of drug-likeness (QED) is 0.402. The summed E-state index contributed by atoms with van der Waals surface area (Å²) in [5.41, 5.74) is 1.22. The Morgan fingerprint density at radius 1 is 0.969 bits per heavy atom. The van der Waals surface area contributed by atoms with Gasteiger partial charge in [0.25, 0.3) is 11.8 Å². The molecule has 32 heavy (non-hydrogen) atoms. The van der Waals surface area contributed by atoms with Gasteiger partial charge in [-0.25, -0.2) is 0 Å². The Morgan fingerprint density at radius 3 is 2.56 bits per heavy atom. The van der Waals surface area contributed by atoms with Gasteiger partial charge in [-0.1, -0.05) is 22.8 Å². The number of halogens is 1. The molecule has 8 nitrogen and oxygen atoms in total. The summed E-state index contributed by atoms with van der Waals surface area (Å²) in [7, 11) is 0. The van der Waals surface area contributed by atoms with Crippen molar-refractivity contribution in [3.05, 3.63) is 101 Å². The molecule has 0 unspecified atom stereocenters. The van der Waals surface area contributed by atoms with E-state index in [4.69, 9.17) is 25.3 Å². The Morgan fingerprint density at radius 2 is 1.81 bits per heavy atom. The van der Waals surface area contributed by atoms with Gasteiger partial charge in [-0.05, 0) is 54.6 Å². The Hall–Kier alpha value is -4.04. The zero-order chi connectivity index (χ0) is 22.3. The molecule has 162 valence electrons. The zero-order valence-electron chi connectivity index (χ0n) is 16.7. The molecule has 2 N–H and O–H groups in total. The fourth-order valence-electron chi connectivity index (χ4n) is 2.78. The molecule has 0 radical (unpaired) electrons. The first kappa shape index (κ1) is 21.2. The van der Waals surface area contributed by atoms with E-state index < -0.39 is 0 Å². The van der Waals surface area contributed by atoms with Crippen LogP contribution in [0.15, 0.2) is 81.9 Å². The van der Waals surface area contributed by atoms with Gasteiger partial charge in [0.2, 0.25) is 0 Å². The van der Waals surface area contributed by atoms with Crippen LogP contribution in [0.2, 0.25) is 5.02 Å². The van der Waals surface area contributed by atoms with Crippen molar-refractivity contribution in [1.29, 1.82) is 0 Å². The number of aromatic nitrogens is 1. The highest BCUT2D eigenvalue weighted by Crippen LogP contribution is 2.19. The van der Waals surface area contributed by atoms with E-state index in [2.05, 4.69) is 15.8 Å². The van der Waals surface area contributed by atoms with Gasteiger partial charge < -0.3 is 24.3 Å². The number of benzene rings is 2. The van der Waals surface area contributed by atoms with Crippen LogP contribution in [0.5, 0.6) is 5.75 Å². The summed E-state index contributed by atoms with van der Waals surface area (Å²) in [5.74, 6) is 0.951. The van der Waals surface area contributed by atoms with Gasteiger partial charge in [-0.2, -0.15) is 0 Å². The molecule has 0 saturated heterocycles. The van der Waals surface area contributed by atoms with Crippen molar-refractivity contribution in [2.24, 2.45) is 0 Å². The highest BCUT2D eigenvalue weighted by atomic mass is 35.5. The fraction of sp³-hybridized carbons (Fsp3) is 0.0870. The van der Waals surface area contributed by atoms with E-state index in [0.717, 1.165) is 0 Å². The second-order valence-electron chi connectivity index (χ2n) is 6.72. The van der Waals surface area contributed by atoms with Crippen LogP contribution in [0.3, 0.4) is 0 Å². The van der Waals surface area contributed by atoms with Crippen molar-refractivity contribution in [3.63, 3.8) is 0 Å². The van der Waals surface area contributed by atoms with Gasteiger partial charge in [0.15, 0.2) is 11.5 Å². The van der Waals surface area contributed by atoms with Crippen LogP contribution >= 0.6 is 11.6 Å². The van der Waals surface area contributed by atoms with E-state index in [1.165, 1.54) is 12.3 Å². The lowest BCUT2D eigenvalue weighted by Gasteiger charge is -2.07. The number of anilines is 1. The van der Waals surface area contributed by atoms with Crippen LogP contribution in [-0.4, -0.2) is 17.0 Å². The second-order valence-corrected chi connectivity index (χ2v) is 7.15. The molecular weight excluding hydrogens is 434 g/mol. The fourth-order valence-corrected chi connectivity index (χ4v) is 2.97. The summed E-state index contributed by atoms with van der Waals surface area (Å²) >= 11 is 5.92. The number of nitrogens with one attached hydrogen (secondary N) is 2. The minimum Gasteiger partial charge on any atom is -0.486 e. The summed E-state index contributed by atoms with van der Waals surface area (Å²) in [6.45, 7) is 0.345. The maximum Gasteiger partial charge on any atom is 0.273 e. The molecule has 2 heterocycles. The SMILES string of the molecule is O=C(Nc1ccc(OCc2cc(C(=O)NCc3ccco3)no2)cc1)c1cccc(Cl)c1. The van der Waals surface area contributed by atoms with Crippen LogP contribution in [0.25, 0.3) is 0 Å². The summed E-state index contributed by atoms with van der Waals surface area (Å²) in [6, 6.07) is 18.6. The first-order chi connectivity index (χ1) is 15.6. The van der Waals surface area contributed by atoms with E-state index in [0.29, 0.717) is 33.5 Å². The van der Waals surface area contributed by atoms with E-state index in [1.807, 2.05) is 0 Å². The van der Waals surface area contributed by atoms with Gasteiger partial charge in [0, 0.05) is 22.3 Å². The molecule has 0 aliphatic carbocycles. The van der Waals surface area contributed by atoms with Crippen molar-refractivity contribution in [2.45, 2.75) is 13.2 Å². The topological polar surface area (TPSA) is 107 Å². The number of nitrogens with zero attached hydrogens (tertiary/aromatic N) is 1. The molecule has 2 amide bonds. The molecule has 2 aromatic carbocycles. The molecule has 4 rings (SSSR count). The predicted molar refractivity (Wildman–Crippen MR) is 117 cm³/mol. The van der Waals surface area contributed by atoms with Crippen molar-refractivity contribution < 1.29 is 23.3 Å². The third kappa shape index (κ3) is 5.55. The normalized spacial score (nSPS) is 10.5. The molecule has 2 aromatic heterocycles. The maximum atomic E-state index is 12.3. The molecule has 0 spiro atoms. The smallest absolute Gasteiger partial charge is 0.273 e. The predicted octanol–water partition coefficient (Wildman–Crippen LogP) is 4.68. The van der Waals surface area contributed by atoms with Gasteiger partial charge in [-0.15, -0.1) is 0 Å². The molecule has 0 fully saturated rings. The molecule has 0 aliphatic heterocycles. The Kier molecular flexibility index (Phi) is 6.52. The molecule has 4 aromatic rings. The lowest BCUT2D eigenvalue weighted by molar-refractivity contribution is 0.0938. The van der Waals surface area contributed by atoms with Gasteiger partial charge >= 0.3 is 0 Å². The standard InChI is InChI=1S/C23H18ClN3O5/c24-16-4-1-3-15(11-16)22(28)26-17-6-8-18(9-7-17)31-14-20-12-21(27-32-20)23(29)25-13-19-5-2-10-30-19/h1-12H,13-14H2,(H,25,29)(H,26,28). The van der Waals surface area contributed by atoms with E-state index in [9.17, 15) is 9.59 Å². The highest BCUT2D eigenvalue weighted by molar-refractivity contribution is 6.31. The van der Waals surface area contributed by atoms with E-state index >= 15 is 0 Å². The largest absolute Gasteiger partial charge is 0.486 e. The van der Waals surface area contributed by atoms with Crippen LogP contribution in [0, 0.1) is 0 Å². The lowest BCUT2D eigenvalue weighted by atomic mass is 10.2. The van der Waals surface area contributed by atoms with Gasteiger partial charge in [-0.3, -0.25) is 9.59 Å². The molecule has 0 saturated carbocycles. The number of carbonyl (C=O) groups is 2. The first-order valence-corrected chi connectivity index (χ1v) is 10.0. The van der Waals surface area contributed by atoms with E-state index in [1.54, 1.807) is 60.7 Å². The summed E-state index contributed by atoms with van der Waals surface area (Å²) in [5, 5.41) is 9.73. The Bertz CT molecular complexity index is 1200. The minimum atomic E-state index is -0.379. The second kappa shape index (κ2) is 9.84. The van der Waals surface area contributed by atoms with Crippen molar-refractivity contribution in [2.75, 3.05) is 5.32 Å². The monoisotopic (exact) mass is 451 g/mol. The number of amides is 2. The average molecular weight is 452 g/mol. The van der Waals surface area contributed by atoms with Gasteiger partial charge in [0.1, 0.15) is 18.1 Å². The van der Waals surface area contributed by atoms with E-state index in [-0.39, 0.29) is 30.7 Å². The number of rotatable bonds is 8. The van der Waals surface area contributed by atoms with Crippen LogP contribution in [0.4, 0.5) is 5.69 Å². The third-order valence-electron chi connectivity index (χ3n) is 4.37. The van der Waals surface area contributed by atoms with Crippen molar-refractivity contribution in [1.82, 2.24) is 10.5 Å². The first-order valence-electron chi connectivity index (χ1n) is 9.63. The number of ether oxygens (including phenoxy) is 1. The van der Waals surface area contributed by atoms with Gasteiger partial charge in [0.05, 0.1) is 12.8 Å². The molecule has 9 heteroatoms. The minimum absolute atomic E-state index is 0.0900. The Balaban J connectivity index is 1.27. The number of carbonyl (C=O) groups excluding carboxylic acids is 2. The molecular formula is C23H18ClN3O5. The zero-order valence-corrected chi connectivity index (χ0v) is 17.5. The van der Waals surface area contributed by atoms with Crippen LogP contribution < -0.4 is 15.4 Å². The highest BCUT2D eigenvalue weighted by Gasteiger charge is 2.13. The Labute approximate surface area is 188 Å². The number of furan rings is 1. The number of hydrogen-bond acceptors (Lipinski definition) is 6. The lowest BCUT2D eigenvalue weighted by Crippen LogP contribution is -2.22. The molecule has 0 aliphatic rings.